The van der Waals surface area contributed by atoms with Crippen molar-refractivity contribution >= 4 is 23.4 Å². The molecule has 0 unspecified atom stereocenters. The van der Waals surface area contributed by atoms with E-state index in [9.17, 15) is 4.79 Å². The van der Waals surface area contributed by atoms with Gasteiger partial charge in [-0.15, -0.1) is 12.6 Å². The predicted octanol–water partition coefficient (Wildman–Crippen LogP) is 2.53. The summed E-state index contributed by atoms with van der Waals surface area (Å²) in [6.45, 7) is 0. The van der Waals surface area contributed by atoms with Gasteiger partial charge in [0, 0.05) is 26.2 Å². The second-order valence-electron chi connectivity index (χ2n) is 3.81. The number of benzene rings is 1. The summed E-state index contributed by atoms with van der Waals surface area (Å²) in [6, 6.07) is 8.41. The van der Waals surface area contributed by atoms with Gasteiger partial charge in [0.25, 0.3) is 0 Å². The number of thiol groups is 1. The summed E-state index contributed by atoms with van der Waals surface area (Å²) in [4.78, 5) is 12.7. The number of rotatable bonds is 5. The van der Waals surface area contributed by atoms with E-state index in [0.717, 1.165) is 12.8 Å². The van der Waals surface area contributed by atoms with Crippen LogP contribution in [0.3, 0.4) is 0 Å². The highest BCUT2D eigenvalue weighted by Crippen LogP contribution is 2.14. The molecule has 0 radical (unpaired) electrons. The minimum Gasteiger partial charge on any atom is -0.378 e. The number of carbonyl (C=O) groups is 1. The van der Waals surface area contributed by atoms with Crippen molar-refractivity contribution in [3.8, 4) is 0 Å². The van der Waals surface area contributed by atoms with Crippen LogP contribution in [0, 0.1) is 0 Å². The van der Waals surface area contributed by atoms with Gasteiger partial charge in [0.1, 0.15) is 0 Å². The number of hydrogen-bond acceptors (Lipinski definition) is 2. The van der Waals surface area contributed by atoms with Crippen LogP contribution < -0.4 is 4.90 Å². The third kappa shape index (κ3) is 4.38. The summed E-state index contributed by atoms with van der Waals surface area (Å²) in [7, 11) is 4.04. The summed E-state index contributed by atoms with van der Waals surface area (Å²) in [6.07, 6.45) is 2.38. The third-order valence-electron chi connectivity index (χ3n) is 2.31. The third-order valence-corrected chi connectivity index (χ3v) is 2.53. The first-order valence-corrected chi connectivity index (χ1v) is 5.52. The molecule has 0 saturated carbocycles. The van der Waals surface area contributed by atoms with Crippen LogP contribution in [0.15, 0.2) is 24.3 Å². The zero-order chi connectivity index (χ0) is 11.3. The minimum atomic E-state index is -0.0279. The Morgan fingerprint density at radius 1 is 1.27 bits per heavy atom. The van der Waals surface area contributed by atoms with E-state index in [1.54, 1.807) is 0 Å². The van der Waals surface area contributed by atoms with Gasteiger partial charge in [-0.05, 0) is 30.5 Å². The van der Waals surface area contributed by atoms with Gasteiger partial charge in [-0.2, -0.15) is 0 Å². The Kier molecular flexibility index (Phi) is 4.69. The lowest BCUT2D eigenvalue weighted by Crippen LogP contribution is -2.08. The molecule has 0 saturated heterocycles. The molecule has 82 valence electrons. The molecular formula is C12H17NOS. The Labute approximate surface area is 96.7 Å². The van der Waals surface area contributed by atoms with E-state index in [0.29, 0.717) is 6.42 Å². The van der Waals surface area contributed by atoms with Gasteiger partial charge in [0.2, 0.25) is 0 Å². The molecule has 1 aromatic rings. The molecule has 1 rings (SSSR count). The van der Waals surface area contributed by atoms with Crippen LogP contribution in [0.2, 0.25) is 0 Å². The molecule has 0 spiro atoms. The number of aryl methyl sites for hydroxylation is 1. The first-order chi connectivity index (χ1) is 7.09. The lowest BCUT2D eigenvalue weighted by molar-refractivity contribution is -0.110. The zero-order valence-electron chi connectivity index (χ0n) is 9.23. The van der Waals surface area contributed by atoms with E-state index in [1.165, 1.54) is 11.3 Å². The van der Waals surface area contributed by atoms with E-state index in [1.807, 2.05) is 14.1 Å². The maximum atomic E-state index is 10.6. The van der Waals surface area contributed by atoms with Crippen LogP contribution in [-0.2, 0) is 11.2 Å². The Morgan fingerprint density at radius 3 is 2.33 bits per heavy atom. The molecule has 2 nitrogen and oxygen atoms in total. The van der Waals surface area contributed by atoms with E-state index in [2.05, 4.69) is 41.8 Å². The normalized spacial score (nSPS) is 10.1. The Morgan fingerprint density at radius 2 is 1.87 bits per heavy atom. The molecule has 0 fully saturated rings. The van der Waals surface area contributed by atoms with Gasteiger partial charge in [0.05, 0.1) is 0 Å². The quantitative estimate of drug-likeness (QED) is 0.774. The van der Waals surface area contributed by atoms with Crippen LogP contribution in [0.25, 0.3) is 0 Å². The number of carbonyl (C=O) groups excluding carboxylic acids is 1. The minimum absolute atomic E-state index is 0.0279. The van der Waals surface area contributed by atoms with Crippen LogP contribution in [0.4, 0.5) is 5.69 Å². The summed E-state index contributed by atoms with van der Waals surface area (Å²) >= 11 is 3.74. The van der Waals surface area contributed by atoms with Crippen molar-refractivity contribution in [3.63, 3.8) is 0 Å². The molecule has 0 N–H and O–H groups in total. The van der Waals surface area contributed by atoms with Crippen molar-refractivity contribution in [3.05, 3.63) is 29.8 Å². The lowest BCUT2D eigenvalue weighted by Gasteiger charge is -2.12. The van der Waals surface area contributed by atoms with Crippen LogP contribution in [0.1, 0.15) is 18.4 Å². The van der Waals surface area contributed by atoms with Crippen LogP contribution in [-0.4, -0.2) is 19.2 Å². The second-order valence-corrected chi connectivity index (χ2v) is 4.31. The molecule has 0 aliphatic rings. The molecule has 0 aromatic heterocycles. The Hall–Kier alpha value is -0.960. The highest BCUT2D eigenvalue weighted by molar-refractivity contribution is 7.96. The van der Waals surface area contributed by atoms with Crippen LogP contribution >= 0.6 is 12.6 Å². The standard InChI is InChI=1S/C12H17NOS/c1-13(2)11-8-6-10(7-9-11)4-3-5-12(14)15/h6-9H,3-5H2,1-2H3,(H,14,15). The van der Waals surface area contributed by atoms with Gasteiger partial charge < -0.3 is 4.90 Å². The van der Waals surface area contributed by atoms with E-state index in [4.69, 9.17) is 0 Å². The molecule has 0 aliphatic carbocycles. The van der Waals surface area contributed by atoms with Gasteiger partial charge in [-0.1, -0.05) is 12.1 Å². The van der Waals surface area contributed by atoms with Crippen molar-refractivity contribution in [1.82, 2.24) is 0 Å². The zero-order valence-corrected chi connectivity index (χ0v) is 10.1. The highest BCUT2D eigenvalue weighted by atomic mass is 32.1. The molecule has 0 amide bonds. The molecular weight excluding hydrogens is 206 g/mol. The second kappa shape index (κ2) is 5.81. The van der Waals surface area contributed by atoms with Crippen molar-refractivity contribution in [2.24, 2.45) is 0 Å². The number of hydrogen-bond donors (Lipinski definition) is 1. The SMILES string of the molecule is CN(C)c1ccc(CCCC(=O)S)cc1. The fourth-order valence-corrected chi connectivity index (χ4v) is 1.56. The van der Waals surface area contributed by atoms with Crippen molar-refractivity contribution in [2.45, 2.75) is 19.3 Å². The van der Waals surface area contributed by atoms with Crippen molar-refractivity contribution < 1.29 is 4.79 Å². The fourth-order valence-electron chi connectivity index (χ4n) is 1.40. The average Bonchev–Trinajstić information content (AvgIpc) is 2.18. The molecule has 0 bridgehead atoms. The molecule has 0 aliphatic heterocycles. The maximum absolute atomic E-state index is 10.6. The molecule has 0 atom stereocenters. The van der Waals surface area contributed by atoms with Gasteiger partial charge in [-0.25, -0.2) is 0 Å². The first kappa shape index (κ1) is 12.1. The summed E-state index contributed by atoms with van der Waals surface area (Å²) in [5.74, 6) is 0. The predicted molar refractivity (Wildman–Crippen MR) is 67.7 cm³/mol. The molecule has 1 aromatic carbocycles. The van der Waals surface area contributed by atoms with Gasteiger partial charge in [-0.3, -0.25) is 4.79 Å². The molecule has 3 heteroatoms. The topological polar surface area (TPSA) is 20.3 Å². The summed E-state index contributed by atoms with van der Waals surface area (Å²) in [5, 5.41) is -0.0279. The van der Waals surface area contributed by atoms with Crippen molar-refractivity contribution in [2.75, 3.05) is 19.0 Å². The van der Waals surface area contributed by atoms with E-state index in [-0.39, 0.29) is 5.12 Å². The summed E-state index contributed by atoms with van der Waals surface area (Å²) < 4.78 is 0. The maximum Gasteiger partial charge on any atom is 0.185 e. The average molecular weight is 223 g/mol. The Bertz CT molecular complexity index is 319. The van der Waals surface area contributed by atoms with Crippen LogP contribution in [0.5, 0.6) is 0 Å². The fraction of sp³-hybridized carbons (Fsp3) is 0.417. The number of anilines is 1. The molecule has 0 heterocycles. The van der Waals surface area contributed by atoms with Gasteiger partial charge in [0.15, 0.2) is 5.12 Å². The van der Waals surface area contributed by atoms with Gasteiger partial charge >= 0.3 is 0 Å². The highest BCUT2D eigenvalue weighted by Gasteiger charge is 1.98. The monoisotopic (exact) mass is 223 g/mol. The lowest BCUT2D eigenvalue weighted by atomic mass is 10.1. The summed E-state index contributed by atoms with van der Waals surface area (Å²) in [5.41, 5.74) is 2.47. The molecule has 15 heavy (non-hydrogen) atoms. The Balaban J connectivity index is 2.46. The van der Waals surface area contributed by atoms with E-state index < -0.39 is 0 Å². The van der Waals surface area contributed by atoms with E-state index >= 15 is 0 Å². The van der Waals surface area contributed by atoms with Crippen molar-refractivity contribution in [1.29, 1.82) is 0 Å². The first-order valence-electron chi connectivity index (χ1n) is 5.07. The largest absolute Gasteiger partial charge is 0.378 e. The smallest absolute Gasteiger partial charge is 0.185 e. The number of nitrogens with zero attached hydrogens (tertiary/aromatic N) is 1.